The topological polar surface area (TPSA) is 67.2 Å². The molecule has 1 heterocycles. The zero-order chi connectivity index (χ0) is 15.6. The lowest BCUT2D eigenvalue weighted by atomic mass is 9.83. The Labute approximate surface area is 122 Å². The maximum Gasteiger partial charge on any atom is 0.320 e. The van der Waals surface area contributed by atoms with Gasteiger partial charge in [-0.25, -0.2) is 13.6 Å². The van der Waals surface area contributed by atoms with Crippen molar-refractivity contribution in [1.29, 1.82) is 0 Å². The van der Waals surface area contributed by atoms with Crippen LogP contribution in [0.1, 0.15) is 43.9 Å². The van der Waals surface area contributed by atoms with Crippen LogP contribution in [0, 0.1) is 19.8 Å². The Kier molecular flexibility index (Phi) is 4.49. The van der Waals surface area contributed by atoms with Gasteiger partial charge in [-0.15, -0.1) is 0 Å². The molecule has 21 heavy (non-hydrogen) atoms. The van der Waals surface area contributed by atoms with E-state index < -0.39 is 12.0 Å². The summed E-state index contributed by atoms with van der Waals surface area (Å²) < 4.78 is 31.2. The maximum atomic E-state index is 13.1. The minimum absolute atomic E-state index is 0.0792. The van der Waals surface area contributed by atoms with E-state index in [1.807, 2.05) is 6.92 Å². The highest BCUT2D eigenvalue weighted by atomic mass is 19.3. The highest BCUT2D eigenvalue weighted by Crippen LogP contribution is 2.37. The van der Waals surface area contributed by atoms with Gasteiger partial charge in [0, 0.05) is 24.4 Å². The van der Waals surface area contributed by atoms with Crippen molar-refractivity contribution in [3.63, 3.8) is 0 Å². The van der Waals surface area contributed by atoms with E-state index in [0.717, 1.165) is 5.56 Å². The molecule has 1 saturated carbocycles. The molecule has 1 atom stereocenters. The lowest BCUT2D eigenvalue weighted by molar-refractivity contribution is -0.0483. The first kappa shape index (κ1) is 15.7. The number of carbonyl (C=O) groups excluding carboxylic acids is 1. The van der Waals surface area contributed by atoms with Crippen molar-refractivity contribution in [1.82, 2.24) is 10.5 Å². The Morgan fingerprint density at radius 1 is 1.38 bits per heavy atom. The van der Waals surface area contributed by atoms with Gasteiger partial charge in [-0.2, -0.15) is 0 Å². The third-order valence-corrected chi connectivity index (χ3v) is 4.22. The summed E-state index contributed by atoms with van der Waals surface area (Å²) in [6.07, 6.45) is 0.646. The van der Waals surface area contributed by atoms with Gasteiger partial charge < -0.3 is 9.84 Å². The first-order chi connectivity index (χ1) is 9.78. The van der Waals surface area contributed by atoms with E-state index in [1.165, 1.54) is 0 Å². The van der Waals surface area contributed by atoms with Gasteiger partial charge in [0.15, 0.2) is 5.82 Å². The van der Waals surface area contributed by atoms with Crippen LogP contribution in [0.4, 0.5) is 19.4 Å². The Morgan fingerprint density at radius 2 is 2.00 bits per heavy atom. The molecule has 0 saturated heterocycles. The van der Waals surface area contributed by atoms with E-state index in [4.69, 9.17) is 4.52 Å². The normalized spacial score (nSPS) is 20.0. The average Bonchev–Trinajstić information content (AvgIpc) is 2.70. The van der Waals surface area contributed by atoms with Crippen molar-refractivity contribution in [2.45, 2.75) is 58.4 Å². The SMILES string of the molecule is Cc1onc(NC(=O)NC(C)C2CCC(F)(F)CC2)c1C. The number of urea groups is 1. The molecule has 1 aromatic heterocycles. The van der Waals surface area contributed by atoms with Crippen LogP contribution in [-0.2, 0) is 0 Å². The molecule has 0 aliphatic heterocycles. The minimum atomic E-state index is -2.55. The number of halogens is 2. The van der Waals surface area contributed by atoms with E-state index in [-0.39, 0.29) is 24.8 Å². The highest BCUT2D eigenvalue weighted by Gasteiger charge is 2.36. The minimum Gasteiger partial charge on any atom is -0.359 e. The predicted molar refractivity (Wildman–Crippen MR) is 74.5 cm³/mol. The van der Waals surface area contributed by atoms with Crippen molar-refractivity contribution in [2.75, 3.05) is 5.32 Å². The third-order valence-electron chi connectivity index (χ3n) is 4.22. The Bertz CT molecular complexity index is 506. The molecule has 2 N–H and O–H groups in total. The van der Waals surface area contributed by atoms with Crippen molar-refractivity contribution in [3.8, 4) is 0 Å². The zero-order valence-corrected chi connectivity index (χ0v) is 12.5. The number of anilines is 1. The second kappa shape index (κ2) is 5.99. The molecule has 1 aliphatic carbocycles. The van der Waals surface area contributed by atoms with Crippen LogP contribution in [0.25, 0.3) is 0 Å². The fourth-order valence-corrected chi connectivity index (χ4v) is 2.57. The fourth-order valence-electron chi connectivity index (χ4n) is 2.57. The lowest BCUT2D eigenvalue weighted by Gasteiger charge is -2.32. The second-order valence-electron chi connectivity index (χ2n) is 5.79. The van der Waals surface area contributed by atoms with Crippen molar-refractivity contribution in [2.24, 2.45) is 5.92 Å². The van der Waals surface area contributed by atoms with Crippen LogP contribution in [0.2, 0.25) is 0 Å². The van der Waals surface area contributed by atoms with Gasteiger partial charge in [0.05, 0.1) is 0 Å². The summed E-state index contributed by atoms with van der Waals surface area (Å²) in [4.78, 5) is 11.9. The number of nitrogens with zero attached hydrogens (tertiary/aromatic N) is 1. The number of carbonyl (C=O) groups is 1. The van der Waals surface area contributed by atoms with Crippen LogP contribution in [0.5, 0.6) is 0 Å². The molecule has 7 heteroatoms. The molecule has 0 bridgehead atoms. The molecule has 2 amide bonds. The Balaban J connectivity index is 1.84. The van der Waals surface area contributed by atoms with Gasteiger partial charge in [0.25, 0.3) is 0 Å². The standard InChI is InChI=1S/C14H21F2N3O2/c1-8-10(3)21-19-12(8)18-13(20)17-9(2)11-4-6-14(15,16)7-5-11/h9,11H,4-7H2,1-3H3,(H2,17,18,19,20). The fraction of sp³-hybridized carbons (Fsp3) is 0.714. The van der Waals surface area contributed by atoms with Crippen LogP contribution >= 0.6 is 0 Å². The first-order valence-electron chi connectivity index (χ1n) is 7.17. The molecule has 1 unspecified atom stereocenters. The number of amides is 2. The van der Waals surface area contributed by atoms with Crippen molar-refractivity contribution in [3.05, 3.63) is 11.3 Å². The smallest absolute Gasteiger partial charge is 0.320 e. The monoisotopic (exact) mass is 301 g/mol. The number of hydrogen-bond acceptors (Lipinski definition) is 3. The molecule has 0 spiro atoms. The summed E-state index contributed by atoms with van der Waals surface area (Å²) in [5, 5.41) is 9.15. The molecule has 118 valence electrons. The summed E-state index contributed by atoms with van der Waals surface area (Å²) in [5.74, 6) is -1.44. The first-order valence-corrected chi connectivity index (χ1v) is 7.17. The number of aryl methyl sites for hydroxylation is 1. The maximum absolute atomic E-state index is 13.1. The van der Waals surface area contributed by atoms with E-state index in [9.17, 15) is 13.6 Å². The molecule has 5 nitrogen and oxygen atoms in total. The van der Waals surface area contributed by atoms with Gasteiger partial charge in [-0.3, -0.25) is 5.32 Å². The number of hydrogen-bond donors (Lipinski definition) is 2. The molecule has 1 aliphatic rings. The third kappa shape index (κ3) is 3.92. The van der Waals surface area contributed by atoms with Crippen LogP contribution in [0.3, 0.4) is 0 Å². The van der Waals surface area contributed by atoms with Gasteiger partial charge in [-0.1, -0.05) is 5.16 Å². The molecule has 0 radical (unpaired) electrons. The summed E-state index contributed by atoms with van der Waals surface area (Å²) in [6.45, 7) is 5.40. The number of rotatable bonds is 3. The van der Waals surface area contributed by atoms with Crippen molar-refractivity contribution >= 4 is 11.8 Å². The van der Waals surface area contributed by atoms with Gasteiger partial charge >= 0.3 is 6.03 Å². The number of aromatic nitrogens is 1. The summed E-state index contributed by atoms with van der Waals surface area (Å²) in [6, 6.07) is -0.550. The molecule has 0 aromatic carbocycles. The van der Waals surface area contributed by atoms with E-state index in [0.29, 0.717) is 24.4 Å². The quantitative estimate of drug-likeness (QED) is 0.896. The molecule has 1 aromatic rings. The van der Waals surface area contributed by atoms with Gasteiger partial charge in [-0.05, 0) is 39.5 Å². The molecular formula is C14H21F2N3O2. The van der Waals surface area contributed by atoms with Crippen LogP contribution in [0.15, 0.2) is 4.52 Å². The number of alkyl halides is 2. The lowest BCUT2D eigenvalue weighted by Crippen LogP contribution is -2.43. The largest absolute Gasteiger partial charge is 0.359 e. The van der Waals surface area contributed by atoms with Crippen LogP contribution in [-0.4, -0.2) is 23.2 Å². The Hall–Kier alpha value is -1.66. The van der Waals surface area contributed by atoms with E-state index in [1.54, 1.807) is 13.8 Å². The summed E-state index contributed by atoms with van der Waals surface area (Å²) in [7, 11) is 0. The summed E-state index contributed by atoms with van der Waals surface area (Å²) >= 11 is 0. The zero-order valence-electron chi connectivity index (χ0n) is 12.5. The van der Waals surface area contributed by atoms with E-state index >= 15 is 0 Å². The van der Waals surface area contributed by atoms with Crippen molar-refractivity contribution < 1.29 is 18.1 Å². The van der Waals surface area contributed by atoms with Crippen LogP contribution < -0.4 is 10.6 Å². The summed E-state index contributed by atoms with van der Waals surface area (Å²) in [5.41, 5.74) is 0.773. The second-order valence-corrected chi connectivity index (χ2v) is 5.79. The van der Waals surface area contributed by atoms with Gasteiger partial charge in [0.1, 0.15) is 5.76 Å². The molecule has 1 fully saturated rings. The van der Waals surface area contributed by atoms with Gasteiger partial charge in [0.2, 0.25) is 5.92 Å². The molecule has 2 rings (SSSR count). The van der Waals surface area contributed by atoms with E-state index in [2.05, 4.69) is 15.8 Å². The highest BCUT2D eigenvalue weighted by molar-refractivity contribution is 5.89. The predicted octanol–water partition coefficient (Wildman–Crippen LogP) is 3.63. The Morgan fingerprint density at radius 3 is 2.52 bits per heavy atom. The number of nitrogens with one attached hydrogen (secondary N) is 2. The average molecular weight is 301 g/mol. The molecular weight excluding hydrogens is 280 g/mol.